The zero-order chi connectivity index (χ0) is 7.68. The predicted octanol–water partition coefficient (Wildman–Crippen LogP) is 1.76. The van der Waals surface area contributed by atoms with Crippen LogP contribution in [0.5, 0.6) is 0 Å². The average molecular weight is 147 g/mol. The molecule has 1 aromatic rings. The topological polar surface area (TPSA) is 12.0 Å². The van der Waals surface area contributed by atoms with E-state index in [0.717, 1.165) is 12.0 Å². The van der Waals surface area contributed by atoms with E-state index in [1.807, 2.05) is 7.05 Å². The van der Waals surface area contributed by atoms with Crippen LogP contribution in [0, 0.1) is 0 Å². The lowest BCUT2D eigenvalue weighted by molar-refractivity contribution is 0.783. The number of rotatable bonds is 2. The average Bonchev–Trinajstić information content (AvgIpc) is 2.85. The molecule has 2 atom stereocenters. The smallest absolute Gasteiger partial charge is 0.0140 e. The lowest BCUT2D eigenvalue weighted by Gasteiger charge is -1.97. The Morgan fingerprint density at radius 3 is 2.55 bits per heavy atom. The molecule has 0 heterocycles. The molecule has 1 heteroatoms. The van der Waals surface area contributed by atoms with Gasteiger partial charge >= 0.3 is 0 Å². The number of nitrogens with one attached hydrogen (secondary N) is 1. The summed E-state index contributed by atoms with van der Waals surface area (Å²) in [5, 5.41) is 3.29. The highest BCUT2D eigenvalue weighted by atomic mass is 14.9. The van der Waals surface area contributed by atoms with E-state index in [-0.39, 0.29) is 0 Å². The van der Waals surface area contributed by atoms with Crippen molar-refractivity contribution in [3.05, 3.63) is 35.9 Å². The fourth-order valence-corrected chi connectivity index (χ4v) is 1.58. The molecule has 0 amide bonds. The van der Waals surface area contributed by atoms with E-state index in [2.05, 4.69) is 35.6 Å². The molecule has 58 valence electrons. The van der Waals surface area contributed by atoms with E-state index >= 15 is 0 Å². The molecule has 1 N–H and O–H groups in total. The molecule has 0 aliphatic heterocycles. The zero-order valence-corrected chi connectivity index (χ0v) is 6.75. The summed E-state index contributed by atoms with van der Waals surface area (Å²) in [6.07, 6.45) is 1.31. The molecular weight excluding hydrogens is 134 g/mol. The Kier molecular flexibility index (Phi) is 1.66. The maximum Gasteiger partial charge on any atom is 0.0140 e. The summed E-state index contributed by atoms with van der Waals surface area (Å²) in [4.78, 5) is 0. The highest BCUT2D eigenvalue weighted by Crippen LogP contribution is 2.39. The van der Waals surface area contributed by atoms with Crippen LogP contribution in [0.3, 0.4) is 0 Å². The highest BCUT2D eigenvalue weighted by Gasteiger charge is 2.36. The van der Waals surface area contributed by atoms with Gasteiger partial charge in [0.05, 0.1) is 0 Å². The van der Waals surface area contributed by atoms with Gasteiger partial charge < -0.3 is 5.32 Å². The second-order valence-corrected chi connectivity index (χ2v) is 3.15. The molecule has 0 spiro atoms. The minimum atomic E-state index is 0.734. The third-order valence-corrected chi connectivity index (χ3v) is 2.39. The van der Waals surface area contributed by atoms with Gasteiger partial charge in [0.2, 0.25) is 0 Å². The lowest BCUT2D eigenvalue weighted by Crippen LogP contribution is -2.09. The molecule has 1 aliphatic rings. The first-order valence-corrected chi connectivity index (χ1v) is 4.14. The van der Waals surface area contributed by atoms with Gasteiger partial charge in [0.15, 0.2) is 0 Å². The molecule has 11 heavy (non-hydrogen) atoms. The molecule has 0 radical (unpaired) electrons. The molecule has 2 rings (SSSR count). The summed E-state index contributed by atoms with van der Waals surface area (Å²) < 4.78 is 0. The van der Waals surface area contributed by atoms with Gasteiger partial charge in [-0.25, -0.2) is 0 Å². The number of hydrogen-bond donors (Lipinski definition) is 1. The number of benzene rings is 1. The van der Waals surface area contributed by atoms with Crippen molar-refractivity contribution in [2.75, 3.05) is 7.05 Å². The molecule has 0 bridgehead atoms. The zero-order valence-electron chi connectivity index (χ0n) is 6.75. The molecule has 1 aliphatic carbocycles. The van der Waals surface area contributed by atoms with Crippen LogP contribution in [-0.4, -0.2) is 13.1 Å². The summed E-state index contributed by atoms with van der Waals surface area (Å²) in [5.41, 5.74) is 1.48. The highest BCUT2D eigenvalue weighted by molar-refractivity contribution is 5.27. The molecule has 1 fully saturated rings. The van der Waals surface area contributed by atoms with E-state index in [4.69, 9.17) is 0 Å². The monoisotopic (exact) mass is 147 g/mol. The molecule has 0 unspecified atom stereocenters. The maximum absolute atomic E-state index is 3.29. The Hall–Kier alpha value is -0.820. The summed E-state index contributed by atoms with van der Waals surface area (Å²) in [5.74, 6) is 0.779. The van der Waals surface area contributed by atoms with E-state index in [0.29, 0.717) is 0 Å². The first-order chi connectivity index (χ1) is 5.42. The Labute approximate surface area is 67.4 Å². The number of likely N-dealkylation sites (N-methyl/N-ethyl adjacent to an activating group) is 1. The molecule has 1 aromatic carbocycles. The first-order valence-electron chi connectivity index (χ1n) is 4.14. The lowest BCUT2D eigenvalue weighted by atomic mass is 10.1. The van der Waals surface area contributed by atoms with Gasteiger partial charge in [0.25, 0.3) is 0 Å². The second kappa shape index (κ2) is 2.67. The van der Waals surface area contributed by atoms with Crippen molar-refractivity contribution in [3.63, 3.8) is 0 Å². The predicted molar refractivity (Wildman–Crippen MR) is 46.6 cm³/mol. The van der Waals surface area contributed by atoms with Crippen LogP contribution in [0.4, 0.5) is 0 Å². The molecular formula is C10H13N. The Balaban J connectivity index is 2.09. The summed E-state index contributed by atoms with van der Waals surface area (Å²) in [6.45, 7) is 0. The van der Waals surface area contributed by atoms with E-state index in [1.165, 1.54) is 12.0 Å². The first kappa shape index (κ1) is 6.86. The molecule has 1 nitrogen and oxygen atoms in total. The third kappa shape index (κ3) is 1.29. The summed E-state index contributed by atoms with van der Waals surface area (Å²) >= 11 is 0. The van der Waals surface area contributed by atoms with Gasteiger partial charge in [0.1, 0.15) is 0 Å². The van der Waals surface area contributed by atoms with Gasteiger partial charge in [-0.2, -0.15) is 0 Å². The van der Waals surface area contributed by atoms with E-state index < -0.39 is 0 Å². The summed E-state index contributed by atoms with van der Waals surface area (Å²) in [6, 6.07) is 11.4. The minimum absolute atomic E-state index is 0.734. The standard InChI is InChI=1S/C10H13N/c1-11-10-7-9(10)8-5-3-2-4-6-8/h2-6,9-11H,7H2,1H3/t9-,10-/m0/s1. The summed E-state index contributed by atoms with van der Waals surface area (Å²) in [7, 11) is 2.04. The van der Waals surface area contributed by atoms with Crippen molar-refractivity contribution in [3.8, 4) is 0 Å². The Morgan fingerprint density at radius 1 is 1.27 bits per heavy atom. The minimum Gasteiger partial charge on any atom is -0.316 e. The fourth-order valence-electron chi connectivity index (χ4n) is 1.58. The largest absolute Gasteiger partial charge is 0.316 e. The third-order valence-electron chi connectivity index (χ3n) is 2.39. The van der Waals surface area contributed by atoms with Crippen LogP contribution in [0.1, 0.15) is 17.9 Å². The Bertz CT molecular complexity index is 230. The van der Waals surface area contributed by atoms with Crippen LogP contribution in [0.25, 0.3) is 0 Å². The van der Waals surface area contributed by atoms with Crippen LogP contribution >= 0.6 is 0 Å². The van der Waals surface area contributed by atoms with Gasteiger partial charge in [-0.3, -0.25) is 0 Å². The van der Waals surface area contributed by atoms with Crippen LogP contribution in [-0.2, 0) is 0 Å². The van der Waals surface area contributed by atoms with Gasteiger partial charge in [0, 0.05) is 12.0 Å². The maximum atomic E-state index is 3.29. The van der Waals surface area contributed by atoms with Crippen LogP contribution in [0.2, 0.25) is 0 Å². The van der Waals surface area contributed by atoms with Crippen LogP contribution in [0.15, 0.2) is 30.3 Å². The van der Waals surface area contributed by atoms with E-state index in [9.17, 15) is 0 Å². The SMILES string of the molecule is CN[C@H]1C[C@H]1c1ccccc1. The fraction of sp³-hybridized carbons (Fsp3) is 0.400. The van der Waals surface area contributed by atoms with Crippen molar-refractivity contribution >= 4 is 0 Å². The van der Waals surface area contributed by atoms with Gasteiger partial charge in [-0.15, -0.1) is 0 Å². The quantitative estimate of drug-likeness (QED) is 0.672. The molecule has 0 aromatic heterocycles. The van der Waals surface area contributed by atoms with E-state index in [1.54, 1.807) is 0 Å². The second-order valence-electron chi connectivity index (χ2n) is 3.15. The van der Waals surface area contributed by atoms with Crippen molar-refractivity contribution < 1.29 is 0 Å². The molecule has 0 saturated heterocycles. The van der Waals surface area contributed by atoms with Crippen molar-refractivity contribution in [2.24, 2.45) is 0 Å². The normalized spacial score (nSPS) is 28.5. The van der Waals surface area contributed by atoms with Crippen molar-refractivity contribution in [1.29, 1.82) is 0 Å². The number of hydrogen-bond acceptors (Lipinski definition) is 1. The van der Waals surface area contributed by atoms with Crippen molar-refractivity contribution in [2.45, 2.75) is 18.4 Å². The molecule has 1 saturated carbocycles. The van der Waals surface area contributed by atoms with Gasteiger partial charge in [-0.05, 0) is 19.0 Å². The van der Waals surface area contributed by atoms with Crippen molar-refractivity contribution in [1.82, 2.24) is 5.32 Å². The van der Waals surface area contributed by atoms with Crippen LogP contribution < -0.4 is 5.32 Å². The Morgan fingerprint density at radius 2 is 2.00 bits per heavy atom. The van der Waals surface area contributed by atoms with Gasteiger partial charge in [-0.1, -0.05) is 30.3 Å².